The topological polar surface area (TPSA) is 79.2 Å². The van der Waals surface area contributed by atoms with Crippen LogP contribution in [0, 0.1) is 10.8 Å². The third kappa shape index (κ3) is 4.09. The molecule has 31 heavy (non-hydrogen) atoms. The number of nitrogens with two attached hydrogens (primary N) is 1. The first-order valence-corrected chi connectivity index (χ1v) is 10.8. The molecule has 4 rings (SSSR count). The Morgan fingerprint density at radius 3 is 2.42 bits per heavy atom. The number of primary amides is 1. The molecule has 5 heteroatoms. The minimum absolute atomic E-state index is 0.0989. The monoisotopic (exact) mass is 417 g/mol. The van der Waals surface area contributed by atoms with Crippen LogP contribution >= 0.6 is 0 Å². The maximum Gasteiger partial charge on any atom is 0.248 e. The van der Waals surface area contributed by atoms with E-state index >= 15 is 0 Å². The molecule has 3 aromatic rings. The summed E-state index contributed by atoms with van der Waals surface area (Å²) in [5.41, 5.74) is 10.4. The van der Waals surface area contributed by atoms with Crippen molar-refractivity contribution in [2.75, 3.05) is 18.0 Å². The zero-order valence-electron chi connectivity index (χ0n) is 19.0. The van der Waals surface area contributed by atoms with Crippen molar-refractivity contribution in [2.45, 2.75) is 41.0 Å². The lowest BCUT2D eigenvalue weighted by Gasteiger charge is -2.23. The van der Waals surface area contributed by atoms with E-state index in [0.717, 1.165) is 47.2 Å². The van der Waals surface area contributed by atoms with Gasteiger partial charge in [-0.1, -0.05) is 40.7 Å². The highest BCUT2D eigenvalue weighted by Gasteiger charge is 2.30. The van der Waals surface area contributed by atoms with E-state index in [2.05, 4.69) is 29.8 Å². The number of carbonyl (C=O) groups excluding carboxylic acids is 2. The van der Waals surface area contributed by atoms with Gasteiger partial charge in [0.05, 0.1) is 0 Å². The van der Waals surface area contributed by atoms with Crippen molar-refractivity contribution in [1.82, 2.24) is 4.98 Å². The molecule has 2 aromatic carbocycles. The second kappa shape index (κ2) is 7.26. The summed E-state index contributed by atoms with van der Waals surface area (Å²) in [6, 6.07) is 11.9. The van der Waals surface area contributed by atoms with E-state index in [9.17, 15) is 9.59 Å². The summed E-state index contributed by atoms with van der Waals surface area (Å²) in [7, 11) is 0. The van der Waals surface area contributed by atoms with Gasteiger partial charge in [-0.25, -0.2) is 0 Å². The number of anilines is 1. The third-order valence-electron chi connectivity index (χ3n) is 6.19. The van der Waals surface area contributed by atoms with Crippen LogP contribution in [-0.2, 0) is 0 Å². The Morgan fingerprint density at radius 2 is 1.81 bits per heavy atom. The Labute approximate surface area is 183 Å². The Kier molecular flexibility index (Phi) is 4.95. The normalized spacial score (nSPS) is 16.1. The number of benzene rings is 2. The zero-order chi connectivity index (χ0) is 22.6. The molecule has 5 nitrogen and oxygen atoms in total. The number of carbonyl (C=O) groups is 2. The van der Waals surface area contributed by atoms with Crippen molar-refractivity contribution in [3.05, 3.63) is 53.7 Å². The Bertz CT molecular complexity index is 1180. The maximum atomic E-state index is 12.9. The van der Waals surface area contributed by atoms with Crippen LogP contribution in [0.2, 0.25) is 0 Å². The van der Waals surface area contributed by atoms with Gasteiger partial charge in [0.2, 0.25) is 5.91 Å². The van der Waals surface area contributed by atoms with Crippen molar-refractivity contribution < 1.29 is 9.59 Å². The van der Waals surface area contributed by atoms with Crippen LogP contribution in [0.3, 0.4) is 0 Å². The van der Waals surface area contributed by atoms with Crippen LogP contribution in [-0.4, -0.2) is 29.8 Å². The van der Waals surface area contributed by atoms with Crippen molar-refractivity contribution in [1.29, 1.82) is 0 Å². The number of hydrogen-bond acceptors (Lipinski definition) is 3. The van der Waals surface area contributed by atoms with Gasteiger partial charge in [-0.3, -0.25) is 9.59 Å². The average Bonchev–Trinajstić information content (AvgIpc) is 3.28. The first kappa shape index (κ1) is 21.2. The van der Waals surface area contributed by atoms with Crippen LogP contribution in [0.5, 0.6) is 0 Å². The fourth-order valence-electron chi connectivity index (χ4n) is 4.33. The smallest absolute Gasteiger partial charge is 0.248 e. The van der Waals surface area contributed by atoms with Crippen molar-refractivity contribution in [2.24, 2.45) is 16.6 Å². The lowest BCUT2D eigenvalue weighted by atomic mass is 9.86. The molecule has 1 aromatic heterocycles. The van der Waals surface area contributed by atoms with E-state index in [4.69, 9.17) is 5.73 Å². The van der Waals surface area contributed by atoms with Crippen molar-refractivity contribution in [3.8, 4) is 11.1 Å². The molecule has 1 saturated heterocycles. The summed E-state index contributed by atoms with van der Waals surface area (Å²) in [5, 5.41) is 0.894. The summed E-state index contributed by atoms with van der Waals surface area (Å²) in [6.07, 6.45) is 2.90. The largest absolute Gasteiger partial charge is 0.371 e. The van der Waals surface area contributed by atoms with Crippen LogP contribution in [0.25, 0.3) is 22.0 Å². The van der Waals surface area contributed by atoms with Gasteiger partial charge >= 0.3 is 0 Å². The first-order valence-electron chi connectivity index (χ1n) is 10.8. The summed E-state index contributed by atoms with van der Waals surface area (Å²) in [5.74, 6) is -0.338. The van der Waals surface area contributed by atoms with Crippen LogP contribution < -0.4 is 10.6 Å². The molecular weight excluding hydrogens is 386 g/mol. The predicted octanol–water partition coefficient (Wildman–Crippen LogP) is 5.40. The molecule has 0 bridgehead atoms. The van der Waals surface area contributed by atoms with E-state index in [0.29, 0.717) is 11.1 Å². The van der Waals surface area contributed by atoms with Crippen molar-refractivity contribution >= 4 is 28.3 Å². The molecule has 1 fully saturated rings. The number of hydrogen-bond donors (Lipinski definition) is 2. The summed E-state index contributed by atoms with van der Waals surface area (Å²) in [6.45, 7) is 12.2. The van der Waals surface area contributed by atoms with E-state index in [1.807, 2.05) is 51.1 Å². The van der Waals surface area contributed by atoms with Gasteiger partial charge < -0.3 is 15.6 Å². The fraction of sp³-hybridized carbons (Fsp3) is 0.385. The molecule has 0 aliphatic carbocycles. The van der Waals surface area contributed by atoms with Gasteiger partial charge in [-0.15, -0.1) is 0 Å². The maximum absolute atomic E-state index is 12.9. The number of fused-ring (bicyclic) bond motifs is 1. The highest BCUT2D eigenvalue weighted by molar-refractivity contribution is 6.11. The quantitative estimate of drug-likeness (QED) is 0.558. The molecule has 0 atom stereocenters. The Morgan fingerprint density at radius 1 is 1.06 bits per heavy atom. The molecular formula is C26H31N3O2. The third-order valence-corrected chi connectivity index (χ3v) is 6.19. The Hall–Kier alpha value is -3.08. The number of rotatable bonds is 4. The summed E-state index contributed by atoms with van der Waals surface area (Å²) in [4.78, 5) is 30.5. The molecule has 3 N–H and O–H groups in total. The zero-order valence-corrected chi connectivity index (χ0v) is 19.0. The van der Waals surface area contributed by atoms with Gasteiger partial charge in [-0.05, 0) is 53.3 Å². The average molecular weight is 418 g/mol. The fourth-order valence-corrected chi connectivity index (χ4v) is 4.33. The molecule has 1 amide bonds. The van der Waals surface area contributed by atoms with E-state index < -0.39 is 11.3 Å². The standard InChI is InChI=1S/C26H31N3O2/c1-25(2,3)23(30)21-14-28-22-7-6-16(13-20(21)22)17-10-18(24(27)31)12-19(11-17)29-9-8-26(4,5)15-29/h6-7,10-14,28H,8-9,15H2,1-5H3,(H2,27,31). The highest BCUT2D eigenvalue weighted by atomic mass is 16.1. The molecule has 1 aliphatic rings. The molecule has 0 unspecified atom stereocenters. The number of Topliss-reactive ketones (excluding diaryl/α,β-unsaturated/α-hetero) is 1. The number of ketones is 1. The van der Waals surface area contributed by atoms with E-state index in [1.165, 1.54) is 0 Å². The molecule has 1 aliphatic heterocycles. The van der Waals surface area contributed by atoms with Crippen molar-refractivity contribution in [3.63, 3.8) is 0 Å². The highest BCUT2D eigenvalue weighted by Crippen LogP contribution is 2.36. The van der Waals surface area contributed by atoms with Gasteiger partial charge in [-0.2, -0.15) is 0 Å². The second-order valence-corrected chi connectivity index (χ2v) is 10.5. The number of amides is 1. The summed E-state index contributed by atoms with van der Waals surface area (Å²) >= 11 is 0. The SMILES string of the molecule is CC1(C)CCN(c2cc(C(N)=O)cc(-c3ccc4[nH]cc(C(=O)C(C)(C)C)c4c3)c2)C1. The van der Waals surface area contributed by atoms with Gasteiger partial charge in [0.25, 0.3) is 0 Å². The molecule has 0 radical (unpaired) electrons. The van der Waals surface area contributed by atoms with Crippen LogP contribution in [0.4, 0.5) is 5.69 Å². The van der Waals surface area contributed by atoms with E-state index in [1.54, 1.807) is 6.20 Å². The van der Waals surface area contributed by atoms with Gasteiger partial charge in [0.15, 0.2) is 5.78 Å². The first-order chi connectivity index (χ1) is 14.4. The summed E-state index contributed by atoms with van der Waals surface area (Å²) < 4.78 is 0. The lowest BCUT2D eigenvalue weighted by Crippen LogP contribution is -2.23. The minimum atomic E-state index is -0.466. The van der Waals surface area contributed by atoms with E-state index in [-0.39, 0.29) is 11.2 Å². The van der Waals surface area contributed by atoms with Crippen LogP contribution in [0.15, 0.2) is 42.6 Å². The van der Waals surface area contributed by atoms with Gasteiger partial charge in [0.1, 0.15) is 0 Å². The lowest BCUT2D eigenvalue weighted by molar-refractivity contribution is 0.0860. The number of nitrogens with one attached hydrogen (secondary N) is 1. The Balaban J connectivity index is 1.82. The number of nitrogens with zero attached hydrogens (tertiary/aromatic N) is 1. The molecule has 0 spiro atoms. The minimum Gasteiger partial charge on any atom is -0.371 e. The number of H-pyrrole nitrogens is 1. The molecule has 162 valence electrons. The second-order valence-electron chi connectivity index (χ2n) is 10.5. The predicted molar refractivity (Wildman–Crippen MR) is 127 cm³/mol. The molecule has 0 saturated carbocycles. The van der Waals surface area contributed by atoms with Crippen LogP contribution in [0.1, 0.15) is 61.8 Å². The molecule has 2 heterocycles. The number of aromatic nitrogens is 1. The van der Waals surface area contributed by atoms with Gasteiger partial charge in [0, 0.05) is 52.4 Å². The number of aromatic amines is 1.